The van der Waals surface area contributed by atoms with Crippen LogP contribution in [0, 0.1) is 16.1 Å². The number of aromatic hydroxyl groups is 1. The van der Waals surface area contributed by atoms with Crippen LogP contribution in [0.1, 0.15) is 22.4 Å². The van der Waals surface area contributed by atoms with Crippen molar-refractivity contribution in [2.24, 2.45) is 0 Å². The lowest BCUT2D eigenvalue weighted by molar-refractivity contribution is 0.462. The number of para-hydroxylation sites is 1. The van der Waals surface area contributed by atoms with Gasteiger partial charge in [0.1, 0.15) is 17.4 Å². The molecule has 0 aliphatic heterocycles. The van der Waals surface area contributed by atoms with Crippen LogP contribution < -0.4 is 5.56 Å². The van der Waals surface area contributed by atoms with E-state index in [0.29, 0.717) is 11.4 Å². The molecule has 1 aromatic heterocycles. The maximum Gasteiger partial charge on any atom is 0.270 e. The summed E-state index contributed by atoms with van der Waals surface area (Å²) >= 11 is 6.51. The third-order valence-corrected chi connectivity index (χ3v) is 5.13. The Morgan fingerprint density at radius 1 is 1.11 bits per heavy atom. The molecular weight excluding hydrogens is 378 g/mol. The molecule has 27 heavy (non-hydrogen) atoms. The van der Waals surface area contributed by atoms with Gasteiger partial charge in [0.25, 0.3) is 5.56 Å². The lowest BCUT2D eigenvalue weighted by Gasteiger charge is -2.07. The number of benzene rings is 2. The third kappa shape index (κ3) is 4.56. The molecular formula is C20H15N3O2S2. The Hall–Kier alpha value is -3.08. The standard InChI is InChI=1S/C20H15N3O2S2/c21-11-15-16(22-20(26)23-19(15)25)10-9-13-5-1-2-6-14(13)12-27-18-8-4-3-7-17(18)24/h1-10,24H,12H2,(H2,22,23,25,26)/b10-9+. The number of nitrogens with one attached hydrogen (secondary N) is 2. The van der Waals surface area contributed by atoms with E-state index in [1.54, 1.807) is 18.2 Å². The molecule has 0 atom stereocenters. The minimum Gasteiger partial charge on any atom is -0.507 e. The minimum atomic E-state index is -0.510. The highest BCUT2D eigenvalue weighted by molar-refractivity contribution is 7.98. The Balaban J connectivity index is 1.88. The zero-order valence-corrected chi connectivity index (χ0v) is 15.7. The van der Waals surface area contributed by atoms with Gasteiger partial charge in [-0.1, -0.05) is 42.5 Å². The predicted molar refractivity (Wildman–Crippen MR) is 110 cm³/mol. The molecule has 1 heterocycles. The van der Waals surface area contributed by atoms with Gasteiger partial charge in [0.05, 0.1) is 5.69 Å². The first-order valence-electron chi connectivity index (χ1n) is 8.02. The number of hydrogen-bond donors (Lipinski definition) is 3. The molecule has 3 aromatic rings. The molecule has 0 aliphatic carbocycles. The fourth-order valence-electron chi connectivity index (χ4n) is 2.48. The summed E-state index contributed by atoms with van der Waals surface area (Å²) in [5, 5.41) is 19.1. The second-order valence-corrected chi connectivity index (χ2v) is 7.02. The van der Waals surface area contributed by atoms with Gasteiger partial charge in [-0.2, -0.15) is 5.26 Å². The van der Waals surface area contributed by atoms with Gasteiger partial charge in [-0.05, 0) is 41.6 Å². The molecule has 0 radical (unpaired) electrons. The number of rotatable bonds is 5. The molecule has 0 unspecified atom stereocenters. The highest BCUT2D eigenvalue weighted by Crippen LogP contribution is 2.31. The van der Waals surface area contributed by atoms with E-state index in [4.69, 9.17) is 12.2 Å². The number of nitrogens with zero attached hydrogens (tertiary/aromatic N) is 1. The molecule has 5 nitrogen and oxygen atoms in total. The maximum atomic E-state index is 11.8. The van der Waals surface area contributed by atoms with Crippen LogP contribution in [0.5, 0.6) is 5.75 Å². The molecule has 2 aromatic carbocycles. The number of phenols is 1. The van der Waals surface area contributed by atoms with Crippen molar-refractivity contribution in [2.75, 3.05) is 0 Å². The van der Waals surface area contributed by atoms with Crippen molar-refractivity contribution >= 4 is 36.1 Å². The van der Waals surface area contributed by atoms with Crippen LogP contribution in [0.4, 0.5) is 0 Å². The predicted octanol–water partition coefficient (Wildman–Crippen LogP) is 4.47. The third-order valence-electron chi connectivity index (χ3n) is 3.82. The highest BCUT2D eigenvalue weighted by Gasteiger charge is 2.06. The van der Waals surface area contributed by atoms with Crippen LogP contribution in [-0.4, -0.2) is 15.1 Å². The number of H-pyrrole nitrogens is 2. The van der Waals surface area contributed by atoms with Crippen LogP contribution in [0.3, 0.4) is 0 Å². The first-order valence-corrected chi connectivity index (χ1v) is 9.41. The van der Waals surface area contributed by atoms with Gasteiger partial charge in [0.2, 0.25) is 0 Å². The first-order chi connectivity index (χ1) is 13.1. The van der Waals surface area contributed by atoms with E-state index in [1.165, 1.54) is 11.8 Å². The average molecular weight is 393 g/mol. The first kappa shape index (κ1) is 18.7. The minimum absolute atomic E-state index is 0.0130. The Bertz CT molecular complexity index is 1160. The zero-order chi connectivity index (χ0) is 19.2. The molecule has 0 amide bonds. The molecule has 0 aliphatic rings. The Labute approximate surface area is 165 Å². The number of nitriles is 1. The number of hydrogen-bond acceptors (Lipinski definition) is 5. The van der Waals surface area contributed by atoms with Crippen molar-refractivity contribution in [1.29, 1.82) is 5.26 Å². The molecule has 7 heteroatoms. The zero-order valence-electron chi connectivity index (χ0n) is 14.1. The number of phenolic OH excluding ortho intramolecular Hbond substituents is 1. The van der Waals surface area contributed by atoms with Gasteiger partial charge in [0.15, 0.2) is 4.77 Å². The topological polar surface area (TPSA) is 92.7 Å². The van der Waals surface area contributed by atoms with E-state index in [9.17, 15) is 15.2 Å². The molecule has 0 saturated heterocycles. The Kier molecular flexibility index (Phi) is 5.91. The monoisotopic (exact) mass is 393 g/mol. The van der Waals surface area contributed by atoms with Gasteiger partial charge in [-0.25, -0.2) is 0 Å². The van der Waals surface area contributed by atoms with Crippen molar-refractivity contribution in [1.82, 2.24) is 9.97 Å². The second-order valence-electron chi connectivity index (χ2n) is 5.60. The molecule has 0 bridgehead atoms. The molecule has 3 N–H and O–H groups in total. The highest BCUT2D eigenvalue weighted by atomic mass is 32.2. The van der Waals surface area contributed by atoms with E-state index in [2.05, 4.69) is 9.97 Å². The largest absolute Gasteiger partial charge is 0.507 e. The van der Waals surface area contributed by atoms with E-state index >= 15 is 0 Å². The SMILES string of the molecule is N#Cc1c(/C=C/c2ccccc2CSc2ccccc2O)[nH]c(=S)[nH]c1=O. The van der Waals surface area contributed by atoms with E-state index in [1.807, 2.05) is 48.5 Å². The molecule has 3 rings (SSSR count). The fraction of sp³-hybridized carbons (Fsp3) is 0.0500. The van der Waals surface area contributed by atoms with E-state index < -0.39 is 5.56 Å². The van der Waals surface area contributed by atoms with Crippen molar-refractivity contribution in [3.05, 3.63) is 86.0 Å². The summed E-state index contributed by atoms with van der Waals surface area (Å²) in [6.07, 6.45) is 3.51. The summed E-state index contributed by atoms with van der Waals surface area (Å²) < 4.78 is 0.169. The Morgan fingerprint density at radius 2 is 1.85 bits per heavy atom. The molecule has 0 saturated carbocycles. The molecule has 0 fully saturated rings. The normalized spacial score (nSPS) is 10.8. The summed E-state index contributed by atoms with van der Waals surface area (Å²) in [4.78, 5) is 17.9. The van der Waals surface area contributed by atoms with Gasteiger partial charge < -0.3 is 10.1 Å². The van der Waals surface area contributed by atoms with Gasteiger partial charge in [-0.3, -0.25) is 9.78 Å². The maximum absolute atomic E-state index is 11.8. The van der Waals surface area contributed by atoms with Crippen molar-refractivity contribution < 1.29 is 5.11 Å². The Morgan fingerprint density at radius 3 is 2.63 bits per heavy atom. The van der Waals surface area contributed by atoms with Gasteiger partial charge >= 0.3 is 0 Å². The summed E-state index contributed by atoms with van der Waals surface area (Å²) in [5.41, 5.74) is 1.85. The van der Waals surface area contributed by atoms with Gasteiger partial charge in [0, 0.05) is 10.6 Å². The fourth-order valence-corrected chi connectivity index (χ4v) is 3.64. The van der Waals surface area contributed by atoms with E-state index in [0.717, 1.165) is 16.0 Å². The smallest absolute Gasteiger partial charge is 0.270 e. The van der Waals surface area contributed by atoms with Gasteiger partial charge in [-0.15, -0.1) is 11.8 Å². The summed E-state index contributed by atoms with van der Waals surface area (Å²) in [5.74, 6) is 0.916. The lowest BCUT2D eigenvalue weighted by Crippen LogP contribution is -2.13. The summed E-state index contributed by atoms with van der Waals surface area (Å²) in [6.45, 7) is 0. The average Bonchev–Trinajstić information content (AvgIpc) is 2.66. The van der Waals surface area contributed by atoms with Crippen LogP contribution in [-0.2, 0) is 5.75 Å². The molecule has 134 valence electrons. The number of aromatic amines is 2. The summed E-state index contributed by atoms with van der Waals surface area (Å²) in [7, 11) is 0. The second kappa shape index (κ2) is 8.54. The number of aromatic nitrogens is 2. The quantitative estimate of drug-likeness (QED) is 0.439. The van der Waals surface area contributed by atoms with Crippen LogP contribution in [0.15, 0.2) is 58.2 Å². The van der Waals surface area contributed by atoms with Crippen LogP contribution in [0.2, 0.25) is 0 Å². The lowest BCUT2D eigenvalue weighted by atomic mass is 10.1. The summed E-state index contributed by atoms with van der Waals surface area (Å²) in [6, 6.07) is 16.9. The van der Waals surface area contributed by atoms with Crippen molar-refractivity contribution in [3.63, 3.8) is 0 Å². The van der Waals surface area contributed by atoms with Crippen LogP contribution in [0.25, 0.3) is 12.2 Å². The molecule has 0 spiro atoms. The van der Waals surface area contributed by atoms with E-state index in [-0.39, 0.29) is 16.1 Å². The number of thioether (sulfide) groups is 1. The van der Waals surface area contributed by atoms with Crippen molar-refractivity contribution in [3.8, 4) is 11.8 Å². The van der Waals surface area contributed by atoms with Crippen LogP contribution >= 0.6 is 24.0 Å². The van der Waals surface area contributed by atoms with Crippen molar-refractivity contribution in [2.45, 2.75) is 10.6 Å².